The van der Waals surface area contributed by atoms with Gasteiger partial charge in [-0.25, -0.2) is 0 Å². The molecule has 1 saturated carbocycles. The van der Waals surface area contributed by atoms with Crippen molar-refractivity contribution in [2.24, 2.45) is 0 Å². The summed E-state index contributed by atoms with van der Waals surface area (Å²) in [5.74, 6) is 0. The van der Waals surface area contributed by atoms with Crippen molar-refractivity contribution in [3.8, 4) is 0 Å². The normalized spacial score (nSPS) is 33.3. The Kier molecular flexibility index (Phi) is 18.1. The highest BCUT2D eigenvalue weighted by Crippen LogP contribution is 2.20. The fraction of sp³-hybridized carbons (Fsp3) is 0.944. The van der Waals surface area contributed by atoms with Crippen molar-refractivity contribution in [1.82, 2.24) is 0 Å². The summed E-state index contributed by atoms with van der Waals surface area (Å²) in [7, 11) is 0. The third-order valence-corrected chi connectivity index (χ3v) is 4.95. The maximum atomic E-state index is 9.87. The molecular weight excluding hydrogens is 488 g/mol. The number of aldehydes is 1. The molecule has 0 unspecified atom stereocenters. The molecule has 1 fully saturated rings. The third-order valence-electron chi connectivity index (χ3n) is 4.95. The van der Waals surface area contributed by atoms with Crippen LogP contribution >= 0.6 is 0 Å². The van der Waals surface area contributed by atoms with Gasteiger partial charge < -0.3 is 86.5 Å². The van der Waals surface area contributed by atoms with Crippen molar-refractivity contribution in [2.45, 2.75) is 92.4 Å². The summed E-state index contributed by atoms with van der Waals surface area (Å²) in [4.78, 5) is 9.87. The molecular formula is C18H38O17. The summed E-state index contributed by atoms with van der Waals surface area (Å²) in [5, 5.41) is 141. The molecule has 8 atom stereocenters. The minimum Gasteiger partial charge on any atom is -0.394 e. The van der Waals surface area contributed by atoms with E-state index in [9.17, 15) is 4.79 Å². The molecule has 0 aromatic rings. The van der Waals surface area contributed by atoms with Crippen molar-refractivity contribution < 1.29 is 86.5 Å². The zero-order valence-electron chi connectivity index (χ0n) is 18.6. The van der Waals surface area contributed by atoms with Gasteiger partial charge in [-0.3, -0.25) is 0 Å². The van der Waals surface area contributed by atoms with Crippen LogP contribution in [0.15, 0.2) is 0 Å². The Labute approximate surface area is 199 Å². The maximum Gasteiger partial charge on any atom is 0.151 e. The molecule has 0 aromatic carbocycles. The molecule has 0 spiro atoms. The van der Waals surface area contributed by atoms with E-state index in [0.29, 0.717) is 0 Å². The Hall–Kier alpha value is -0.970. The quantitative estimate of drug-likeness (QED) is 0.124. The van der Waals surface area contributed by atoms with Crippen LogP contribution in [0.1, 0.15) is 6.92 Å². The van der Waals surface area contributed by atoms with Crippen molar-refractivity contribution in [1.29, 1.82) is 0 Å². The van der Waals surface area contributed by atoms with Crippen molar-refractivity contribution in [2.75, 3.05) is 13.2 Å². The van der Waals surface area contributed by atoms with Crippen molar-refractivity contribution in [3.05, 3.63) is 0 Å². The van der Waals surface area contributed by atoms with Gasteiger partial charge in [0.05, 0.1) is 19.3 Å². The molecule has 1 aliphatic rings. The molecule has 0 saturated heterocycles. The largest absolute Gasteiger partial charge is 0.394 e. The summed E-state index contributed by atoms with van der Waals surface area (Å²) in [6.45, 7) is -0.210. The van der Waals surface area contributed by atoms with E-state index in [0.717, 1.165) is 0 Å². The van der Waals surface area contributed by atoms with Crippen molar-refractivity contribution in [3.63, 3.8) is 0 Å². The first kappa shape index (κ1) is 36.2. The second kappa shape index (κ2) is 17.5. The van der Waals surface area contributed by atoms with E-state index in [2.05, 4.69) is 0 Å². The van der Waals surface area contributed by atoms with Crippen LogP contribution in [-0.2, 0) is 4.79 Å². The van der Waals surface area contributed by atoms with E-state index >= 15 is 0 Å². The summed E-state index contributed by atoms with van der Waals surface area (Å²) in [5.41, 5.74) is 0. The van der Waals surface area contributed by atoms with E-state index in [-0.39, 0.29) is 6.29 Å². The molecule has 0 aromatic heterocycles. The summed E-state index contributed by atoms with van der Waals surface area (Å²) < 4.78 is 0. The zero-order valence-corrected chi connectivity index (χ0v) is 18.6. The van der Waals surface area contributed by atoms with Gasteiger partial charge in [0.15, 0.2) is 6.29 Å². The van der Waals surface area contributed by atoms with Crippen LogP contribution in [-0.4, -0.2) is 187 Å². The first-order valence-corrected chi connectivity index (χ1v) is 10.2. The second-order valence-corrected chi connectivity index (χ2v) is 7.77. The predicted octanol–water partition coefficient (Wildman–Crippen LogP) is -9.77. The Morgan fingerprint density at radius 1 is 0.543 bits per heavy atom. The first-order valence-electron chi connectivity index (χ1n) is 10.2. The van der Waals surface area contributed by atoms with Gasteiger partial charge in [0.1, 0.15) is 79.4 Å². The van der Waals surface area contributed by atoms with Gasteiger partial charge in [-0.1, -0.05) is 0 Å². The topological polar surface area (TPSA) is 341 Å². The Balaban J connectivity index is 0. The number of hydrogen-bond donors (Lipinski definition) is 16. The maximum absolute atomic E-state index is 9.87. The van der Waals surface area contributed by atoms with Crippen LogP contribution in [0, 0.1) is 0 Å². The third kappa shape index (κ3) is 11.3. The Bertz CT molecular complexity index is 472. The number of hydrogen-bond acceptors (Lipinski definition) is 17. The van der Waals surface area contributed by atoms with Gasteiger partial charge in [0.25, 0.3) is 0 Å². The number of aliphatic hydroxyl groups excluding tert-OH is 16. The van der Waals surface area contributed by atoms with E-state index in [1.807, 2.05) is 0 Å². The highest BCUT2D eigenvalue weighted by atomic mass is 16.4. The smallest absolute Gasteiger partial charge is 0.151 e. The molecule has 1 rings (SSSR count). The van der Waals surface area contributed by atoms with Gasteiger partial charge >= 0.3 is 0 Å². The highest BCUT2D eigenvalue weighted by molar-refractivity contribution is 5.56. The number of carbonyl (C=O) groups excluding carboxylic acids is 1. The lowest BCUT2D eigenvalue weighted by Crippen LogP contribution is -2.63. The molecule has 0 aliphatic heterocycles. The SMILES string of the molecule is C[C@H](O)[C@H](O)[C@@H](O)[C@@H](O)C=O.OC1C(O)C(O)C(O)C(O)C1O.OC[C@@H](O)[C@@H](O)[C@H](O)[C@H](O)CO. The second-order valence-electron chi connectivity index (χ2n) is 7.77. The molecule has 0 bridgehead atoms. The zero-order chi connectivity index (χ0) is 28.2. The summed E-state index contributed by atoms with van der Waals surface area (Å²) in [6, 6.07) is 0. The fourth-order valence-electron chi connectivity index (χ4n) is 2.45. The number of rotatable bonds is 9. The lowest BCUT2D eigenvalue weighted by atomic mass is 9.85. The number of aliphatic hydroxyl groups is 16. The van der Waals surface area contributed by atoms with E-state index in [1.54, 1.807) is 0 Å². The molecule has 212 valence electrons. The first-order chi connectivity index (χ1) is 16.0. The molecule has 0 amide bonds. The molecule has 16 N–H and O–H groups in total. The summed E-state index contributed by atoms with van der Waals surface area (Å²) >= 11 is 0. The van der Waals surface area contributed by atoms with Crippen LogP contribution in [0.3, 0.4) is 0 Å². The Morgan fingerprint density at radius 3 is 0.971 bits per heavy atom. The van der Waals surface area contributed by atoms with E-state index in [1.165, 1.54) is 6.92 Å². The fourth-order valence-corrected chi connectivity index (χ4v) is 2.45. The van der Waals surface area contributed by atoms with Crippen LogP contribution < -0.4 is 0 Å². The minimum atomic E-state index is -1.67. The van der Waals surface area contributed by atoms with Gasteiger partial charge in [-0.2, -0.15) is 0 Å². The molecule has 0 radical (unpaired) electrons. The lowest BCUT2D eigenvalue weighted by molar-refractivity contribution is -0.223. The molecule has 17 nitrogen and oxygen atoms in total. The standard InChI is InChI=1S/C6H12O6.C6H14O6.C6H12O5/c7-1-2(8)4(10)6(12)5(11)3(1)9;7-1-3(9)5(11)6(12)4(10)2-8;1-3(8)5(10)6(11)4(9)2-7/h1-12H;3-12H,1-2H2;2-6,8-11H,1H3/t;2*3-,4-,5-,6-/m.10/s1. The van der Waals surface area contributed by atoms with Gasteiger partial charge in [0.2, 0.25) is 0 Å². The van der Waals surface area contributed by atoms with Gasteiger partial charge in [0, 0.05) is 0 Å². The average molecular weight is 526 g/mol. The highest BCUT2D eigenvalue weighted by Gasteiger charge is 2.47. The van der Waals surface area contributed by atoms with Crippen LogP contribution in [0.4, 0.5) is 0 Å². The molecule has 0 heterocycles. The number of carbonyl (C=O) groups is 1. The predicted molar refractivity (Wildman–Crippen MR) is 110 cm³/mol. The molecule has 35 heavy (non-hydrogen) atoms. The van der Waals surface area contributed by atoms with Crippen LogP contribution in [0.2, 0.25) is 0 Å². The average Bonchev–Trinajstić information content (AvgIpc) is 2.86. The van der Waals surface area contributed by atoms with Crippen LogP contribution in [0.25, 0.3) is 0 Å². The Morgan fingerprint density at radius 2 is 0.800 bits per heavy atom. The van der Waals surface area contributed by atoms with Gasteiger partial charge in [-0.15, -0.1) is 0 Å². The monoisotopic (exact) mass is 526 g/mol. The minimum absolute atomic E-state index is 0.0935. The molecule has 17 heteroatoms. The lowest BCUT2D eigenvalue weighted by Gasteiger charge is -2.39. The van der Waals surface area contributed by atoms with Crippen LogP contribution in [0.5, 0.6) is 0 Å². The van der Waals surface area contributed by atoms with Crippen molar-refractivity contribution >= 4 is 6.29 Å². The molecule has 1 aliphatic carbocycles. The van der Waals surface area contributed by atoms with E-state index in [4.69, 9.17) is 81.7 Å². The van der Waals surface area contributed by atoms with E-state index < -0.39 is 98.7 Å². The van der Waals surface area contributed by atoms with Gasteiger partial charge in [-0.05, 0) is 6.92 Å². The summed E-state index contributed by atoms with van der Waals surface area (Å²) in [6.07, 6.45) is -22.1.